The van der Waals surface area contributed by atoms with Gasteiger partial charge in [0.1, 0.15) is 5.75 Å². The van der Waals surface area contributed by atoms with Gasteiger partial charge in [-0.15, -0.1) is 0 Å². The summed E-state index contributed by atoms with van der Waals surface area (Å²) >= 11 is 0. The van der Waals surface area contributed by atoms with E-state index in [0.29, 0.717) is 0 Å². The van der Waals surface area contributed by atoms with Crippen LogP contribution in [0.1, 0.15) is 17.6 Å². The van der Waals surface area contributed by atoms with Crippen molar-refractivity contribution in [1.82, 2.24) is 4.98 Å². The lowest BCUT2D eigenvalue weighted by molar-refractivity contribution is 0.145. The maximum atomic E-state index is 12.6. The van der Waals surface area contributed by atoms with E-state index in [0.717, 1.165) is 6.20 Å². The van der Waals surface area contributed by atoms with Crippen molar-refractivity contribution in [2.24, 2.45) is 5.73 Å². The van der Waals surface area contributed by atoms with Crippen molar-refractivity contribution in [3.63, 3.8) is 0 Å². The van der Waals surface area contributed by atoms with E-state index >= 15 is 0 Å². The highest BCUT2D eigenvalue weighted by Crippen LogP contribution is 2.29. The number of alkyl halides is 2. The molecule has 6 heteroatoms. The summed E-state index contributed by atoms with van der Waals surface area (Å²) in [5, 5.41) is 0. The van der Waals surface area contributed by atoms with Crippen LogP contribution in [0.2, 0.25) is 0 Å². The Hall–Kier alpha value is -1.43. The van der Waals surface area contributed by atoms with Crippen LogP contribution >= 0.6 is 0 Å². The van der Waals surface area contributed by atoms with Crippen molar-refractivity contribution in [1.29, 1.82) is 0 Å². The summed E-state index contributed by atoms with van der Waals surface area (Å²) < 4.78 is 29.8. The van der Waals surface area contributed by atoms with Gasteiger partial charge in [-0.2, -0.15) is 0 Å². The molecular weight excluding hydrogens is 194 g/mol. The minimum absolute atomic E-state index is 0.0555. The number of ether oxygens (including phenoxy) is 1. The van der Waals surface area contributed by atoms with Gasteiger partial charge >= 0.3 is 0 Å². The van der Waals surface area contributed by atoms with Crippen LogP contribution < -0.4 is 16.0 Å². The molecule has 0 radical (unpaired) electrons. The maximum Gasteiger partial charge on any atom is 0.267 e. The minimum atomic E-state index is -2.77. The second-order valence-corrected chi connectivity index (χ2v) is 2.58. The first kappa shape index (κ1) is 10.6. The van der Waals surface area contributed by atoms with Gasteiger partial charge in [-0.1, -0.05) is 0 Å². The van der Waals surface area contributed by atoms with Crippen molar-refractivity contribution in [2.75, 3.05) is 7.11 Å². The number of rotatable bonds is 3. The average Bonchev–Trinajstić information content (AvgIpc) is 2.17. The Balaban J connectivity index is 3.44. The highest BCUT2D eigenvalue weighted by Gasteiger charge is 2.20. The molecule has 0 bridgehead atoms. The summed E-state index contributed by atoms with van der Waals surface area (Å²) in [4.78, 5) is 13.4. The lowest BCUT2D eigenvalue weighted by atomic mass is 10.1. The molecule has 3 N–H and O–H groups in total. The summed E-state index contributed by atoms with van der Waals surface area (Å²) in [6, 6.07) is 0. The first-order valence-corrected chi connectivity index (χ1v) is 3.88. The highest BCUT2D eigenvalue weighted by atomic mass is 19.3. The number of nitrogens with two attached hydrogens (primary N) is 1. The third-order valence-corrected chi connectivity index (χ3v) is 1.84. The normalized spacial score (nSPS) is 10.6. The van der Waals surface area contributed by atoms with Gasteiger partial charge in [0.05, 0.1) is 12.7 Å². The van der Waals surface area contributed by atoms with Crippen LogP contribution in [0.4, 0.5) is 8.78 Å². The van der Waals surface area contributed by atoms with Crippen molar-refractivity contribution in [2.45, 2.75) is 13.0 Å². The van der Waals surface area contributed by atoms with Crippen LogP contribution in [0.5, 0.6) is 5.75 Å². The fraction of sp³-hybridized carbons (Fsp3) is 0.375. The Kier molecular flexibility index (Phi) is 3.19. The Morgan fingerprint density at radius 3 is 2.71 bits per heavy atom. The van der Waals surface area contributed by atoms with Gasteiger partial charge in [0, 0.05) is 18.3 Å². The summed E-state index contributed by atoms with van der Waals surface area (Å²) in [6.45, 7) is -0.244. The van der Waals surface area contributed by atoms with Gasteiger partial charge in [0.2, 0.25) is 0 Å². The molecule has 0 aliphatic heterocycles. The Bertz CT molecular complexity index is 376. The van der Waals surface area contributed by atoms with E-state index in [4.69, 9.17) is 10.5 Å². The van der Waals surface area contributed by atoms with Crippen LogP contribution in [0.25, 0.3) is 0 Å². The SMILES string of the molecule is COc1c[nH]c(=O)c(CN)c1C(F)F. The zero-order valence-electron chi connectivity index (χ0n) is 7.51. The molecule has 0 saturated carbocycles. The summed E-state index contributed by atoms with van der Waals surface area (Å²) in [5.41, 5.74) is 4.02. The largest absolute Gasteiger partial charge is 0.495 e. The van der Waals surface area contributed by atoms with Gasteiger partial charge in [-0.05, 0) is 0 Å². The molecule has 0 fully saturated rings. The number of methoxy groups -OCH3 is 1. The molecule has 4 nitrogen and oxygen atoms in total. The second-order valence-electron chi connectivity index (χ2n) is 2.58. The Morgan fingerprint density at radius 2 is 2.29 bits per heavy atom. The van der Waals surface area contributed by atoms with Crippen LogP contribution in [0.15, 0.2) is 11.0 Å². The number of hydrogen-bond acceptors (Lipinski definition) is 3. The molecule has 0 aromatic carbocycles. The fourth-order valence-electron chi connectivity index (χ4n) is 1.18. The first-order valence-electron chi connectivity index (χ1n) is 3.88. The lowest BCUT2D eigenvalue weighted by Crippen LogP contribution is -2.19. The van der Waals surface area contributed by atoms with Crippen LogP contribution in [0.3, 0.4) is 0 Å². The molecule has 0 aliphatic rings. The number of pyridine rings is 1. The van der Waals surface area contributed by atoms with Crippen molar-refractivity contribution in [3.05, 3.63) is 27.7 Å². The van der Waals surface area contributed by atoms with Gasteiger partial charge < -0.3 is 15.5 Å². The summed E-state index contributed by atoms with van der Waals surface area (Å²) in [7, 11) is 1.25. The monoisotopic (exact) mass is 204 g/mol. The zero-order valence-corrected chi connectivity index (χ0v) is 7.51. The standard InChI is InChI=1S/C8H10F2N2O2/c1-14-5-3-12-8(13)4(2-11)6(5)7(9)10/h3,7H,2,11H2,1H3,(H,12,13). The Labute approximate surface area is 78.7 Å². The van der Waals surface area contributed by atoms with E-state index in [2.05, 4.69) is 4.98 Å². The topological polar surface area (TPSA) is 68.1 Å². The van der Waals surface area contributed by atoms with Crippen LogP contribution in [-0.4, -0.2) is 12.1 Å². The number of aromatic amines is 1. The Morgan fingerprint density at radius 1 is 1.64 bits per heavy atom. The van der Waals surface area contributed by atoms with E-state index in [1.54, 1.807) is 0 Å². The number of hydrogen-bond donors (Lipinski definition) is 2. The quantitative estimate of drug-likeness (QED) is 0.764. The van der Waals surface area contributed by atoms with Crippen molar-refractivity contribution in [3.8, 4) is 5.75 Å². The van der Waals surface area contributed by atoms with Crippen molar-refractivity contribution >= 4 is 0 Å². The van der Waals surface area contributed by atoms with E-state index in [-0.39, 0.29) is 17.9 Å². The fourth-order valence-corrected chi connectivity index (χ4v) is 1.18. The van der Waals surface area contributed by atoms with Crippen LogP contribution in [0, 0.1) is 0 Å². The van der Waals surface area contributed by atoms with Crippen LogP contribution in [-0.2, 0) is 6.54 Å². The first-order chi connectivity index (χ1) is 6.61. The number of aromatic nitrogens is 1. The summed E-state index contributed by atoms with van der Waals surface area (Å²) in [6.07, 6.45) is -1.67. The van der Waals surface area contributed by atoms with Gasteiger partial charge in [0.15, 0.2) is 0 Å². The molecule has 1 aromatic heterocycles. The van der Waals surface area contributed by atoms with Crippen molar-refractivity contribution < 1.29 is 13.5 Å². The molecule has 1 heterocycles. The number of H-pyrrole nitrogens is 1. The van der Waals surface area contributed by atoms with Gasteiger partial charge in [0.25, 0.3) is 12.0 Å². The smallest absolute Gasteiger partial charge is 0.267 e. The number of halogens is 2. The molecule has 0 amide bonds. The third kappa shape index (κ3) is 1.74. The third-order valence-electron chi connectivity index (χ3n) is 1.84. The molecule has 0 spiro atoms. The molecular formula is C8H10F2N2O2. The lowest BCUT2D eigenvalue weighted by Gasteiger charge is -2.10. The molecule has 78 valence electrons. The zero-order chi connectivity index (χ0) is 10.7. The average molecular weight is 204 g/mol. The molecule has 0 unspecified atom stereocenters. The minimum Gasteiger partial charge on any atom is -0.495 e. The maximum absolute atomic E-state index is 12.6. The predicted octanol–water partition coefficient (Wildman–Crippen LogP) is 0.780. The molecule has 0 atom stereocenters. The molecule has 0 aliphatic carbocycles. The summed E-state index contributed by atoms with van der Waals surface area (Å²) in [5.74, 6) is -0.0555. The number of nitrogens with one attached hydrogen (secondary N) is 1. The second kappa shape index (κ2) is 4.19. The molecule has 1 aromatic rings. The molecule has 14 heavy (non-hydrogen) atoms. The van der Waals surface area contributed by atoms with E-state index < -0.39 is 17.5 Å². The predicted molar refractivity (Wildman–Crippen MR) is 46.5 cm³/mol. The highest BCUT2D eigenvalue weighted by molar-refractivity contribution is 5.38. The van der Waals surface area contributed by atoms with Gasteiger partial charge in [-0.3, -0.25) is 4.79 Å². The molecule has 0 saturated heterocycles. The van der Waals surface area contributed by atoms with E-state index in [1.807, 2.05) is 0 Å². The van der Waals surface area contributed by atoms with E-state index in [1.165, 1.54) is 7.11 Å². The van der Waals surface area contributed by atoms with E-state index in [9.17, 15) is 13.6 Å². The van der Waals surface area contributed by atoms with Gasteiger partial charge in [-0.25, -0.2) is 8.78 Å². The molecule has 1 rings (SSSR count).